The molecule has 0 aliphatic carbocycles. The van der Waals surface area contributed by atoms with Crippen LogP contribution in [-0.4, -0.2) is 22.8 Å². The van der Waals surface area contributed by atoms with Crippen LogP contribution in [0.1, 0.15) is 24.5 Å². The second-order valence-corrected chi connectivity index (χ2v) is 5.97. The summed E-state index contributed by atoms with van der Waals surface area (Å²) >= 11 is 4.83. The second kappa shape index (κ2) is 9.54. The zero-order valence-corrected chi connectivity index (χ0v) is 14.9. The molecule has 0 saturated carbocycles. The minimum atomic E-state index is -0.250. The lowest BCUT2D eigenvalue weighted by Crippen LogP contribution is -2.42. The third-order valence-corrected chi connectivity index (χ3v) is 3.73. The first kappa shape index (κ1) is 18.6. The number of hydrogen-bond acceptors (Lipinski definition) is 3. The van der Waals surface area contributed by atoms with Gasteiger partial charge in [0.2, 0.25) is 5.91 Å². The Bertz CT molecular complexity index is 732. The Labute approximate surface area is 153 Å². The molecule has 0 aliphatic heterocycles. The molecule has 0 fully saturated rings. The fourth-order valence-electron chi connectivity index (χ4n) is 2.46. The molecular formula is C19H22N4OS. The molecule has 25 heavy (non-hydrogen) atoms. The van der Waals surface area contributed by atoms with Gasteiger partial charge in [0.05, 0.1) is 18.2 Å². The molecule has 2 aromatic rings. The number of carbonyl (C=O) groups is 1. The van der Waals surface area contributed by atoms with Gasteiger partial charge >= 0.3 is 0 Å². The van der Waals surface area contributed by atoms with E-state index in [9.17, 15) is 4.79 Å². The Morgan fingerprint density at radius 2 is 1.72 bits per heavy atom. The van der Waals surface area contributed by atoms with Gasteiger partial charge in [-0.2, -0.15) is 5.10 Å². The molecule has 4 N–H and O–H groups in total. The van der Waals surface area contributed by atoms with Crippen LogP contribution in [0.15, 0.2) is 65.8 Å². The van der Waals surface area contributed by atoms with Crippen LogP contribution >= 0.6 is 12.2 Å². The van der Waals surface area contributed by atoms with Gasteiger partial charge in [-0.15, -0.1) is 0 Å². The fraction of sp³-hybridized carbons (Fsp3) is 0.211. The Hall–Kier alpha value is -2.73. The van der Waals surface area contributed by atoms with E-state index in [1.54, 1.807) is 0 Å². The molecule has 2 aromatic carbocycles. The van der Waals surface area contributed by atoms with Crippen molar-refractivity contribution in [1.82, 2.24) is 10.7 Å². The Kier molecular flexibility index (Phi) is 7.10. The van der Waals surface area contributed by atoms with E-state index in [0.717, 1.165) is 11.1 Å². The summed E-state index contributed by atoms with van der Waals surface area (Å²) in [4.78, 5) is 12.4. The molecule has 5 nitrogen and oxygen atoms in total. The molecule has 1 amide bonds. The highest BCUT2D eigenvalue weighted by molar-refractivity contribution is 7.80. The summed E-state index contributed by atoms with van der Waals surface area (Å²) in [7, 11) is 0. The maximum atomic E-state index is 12.4. The van der Waals surface area contributed by atoms with Gasteiger partial charge in [-0.3, -0.25) is 10.2 Å². The summed E-state index contributed by atoms with van der Waals surface area (Å²) in [5.74, 6) is -0.0583. The average molecular weight is 354 g/mol. The number of rotatable bonds is 7. The summed E-state index contributed by atoms with van der Waals surface area (Å²) in [6, 6.07) is 19.0. The molecule has 0 radical (unpaired) electrons. The topological polar surface area (TPSA) is 79.5 Å². The lowest BCUT2D eigenvalue weighted by Gasteiger charge is -2.20. The van der Waals surface area contributed by atoms with Gasteiger partial charge in [-0.25, -0.2) is 0 Å². The van der Waals surface area contributed by atoms with Crippen molar-refractivity contribution in [2.24, 2.45) is 10.8 Å². The molecule has 1 unspecified atom stereocenters. The number of hydrazone groups is 1. The minimum absolute atomic E-state index is 0.0583. The number of hydrogen-bond donors (Lipinski definition) is 3. The Morgan fingerprint density at radius 1 is 1.12 bits per heavy atom. The molecule has 6 heteroatoms. The zero-order chi connectivity index (χ0) is 18.1. The number of amides is 1. The maximum absolute atomic E-state index is 12.4. The van der Waals surface area contributed by atoms with Crippen LogP contribution in [0.2, 0.25) is 0 Å². The van der Waals surface area contributed by atoms with Crippen molar-refractivity contribution in [3.8, 4) is 0 Å². The van der Waals surface area contributed by atoms with Crippen LogP contribution in [-0.2, 0) is 11.2 Å². The number of nitrogens with one attached hydrogen (secondary N) is 2. The molecule has 0 saturated heterocycles. The average Bonchev–Trinajstić information content (AvgIpc) is 2.62. The first-order valence-corrected chi connectivity index (χ1v) is 8.52. The number of thiocarbonyl (C=S) groups is 1. The van der Waals surface area contributed by atoms with E-state index in [1.165, 1.54) is 0 Å². The van der Waals surface area contributed by atoms with Crippen LogP contribution in [0.25, 0.3) is 0 Å². The second-order valence-electron chi connectivity index (χ2n) is 5.53. The highest BCUT2D eigenvalue weighted by Crippen LogP contribution is 2.08. The van der Waals surface area contributed by atoms with Crippen molar-refractivity contribution in [2.45, 2.75) is 25.8 Å². The largest absolute Gasteiger partial charge is 0.375 e. The summed E-state index contributed by atoms with van der Waals surface area (Å²) in [6.07, 6.45) is 1.01. The number of carbonyl (C=O) groups excluding carboxylic acids is 1. The zero-order valence-electron chi connectivity index (χ0n) is 14.1. The van der Waals surface area contributed by atoms with Gasteiger partial charge in [0.1, 0.15) is 0 Å². The lowest BCUT2D eigenvalue weighted by atomic mass is 10.0. The predicted octanol–water partition coefficient (Wildman–Crippen LogP) is 2.36. The molecule has 1 atom stereocenters. The molecular weight excluding hydrogens is 332 g/mol. The Balaban J connectivity index is 2.16. The van der Waals surface area contributed by atoms with Crippen molar-refractivity contribution in [1.29, 1.82) is 0 Å². The molecule has 0 bridgehead atoms. The normalized spacial score (nSPS) is 12.3. The number of nitrogens with zero attached hydrogens (tertiary/aromatic N) is 1. The van der Waals surface area contributed by atoms with Crippen LogP contribution in [0.3, 0.4) is 0 Å². The van der Waals surface area contributed by atoms with E-state index in [-0.39, 0.29) is 17.1 Å². The van der Waals surface area contributed by atoms with Gasteiger partial charge in [-0.05, 0) is 29.8 Å². The first-order valence-electron chi connectivity index (χ1n) is 8.12. The molecule has 0 spiro atoms. The van der Waals surface area contributed by atoms with Crippen molar-refractivity contribution < 1.29 is 4.79 Å². The minimum Gasteiger partial charge on any atom is -0.375 e. The van der Waals surface area contributed by atoms with E-state index >= 15 is 0 Å². The summed E-state index contributed by atoms with van der Waals surface area (Å²) in [5, 5.41) is 7.44. The smallest absolute Gasteiger partial charge is 0.224 e. The quantitative estimate of drug-likeness (QED) is 0.405. The van der Waals surface area contributed by atoms with E-state index in [2.05, 4.69) is 15.8 Å². The molecule has 0 aliphatic rings. The lowest BCUT2D eigenvalue weighted by molar-refractivity contribution is -0.120. The number of benzene rings is 2. The molecule has 130 valence electrons. The van der Waals surface area contributed by atoms with E-state index in [1.807, 2.05) is 67.6 Å². The summed E-state index contributed by atoms with van der Waals surface area (Å²) in [6.45, 7) is 1.99. The maximum Gasteiger partial charge on any atom is 0.224 e. The van der Waals surface area contributed by atoms with E-state index in [0.29, 0.717) is 18.6 Å². The van der Waals surface area contributed by atoms with Crippen molar-refractivity contribution in [3.05, 3.63) is 71.8 Å². The third kappa shape index (κ3) is 6.00. The van der Waals surface area contributed by atoms with Crippen LogP contribution in [0, 0.1) is 0 Å². The van der Waals surface area contributed by atoms with Gasteiger partial charge in [0, 0.05) is 0 Å². The van der Waals surface area contributed by atoms with Gasteiger partial charge in [-0.1, -0.05) is 67.6 Å². The number of nitrogens with two attached hydrogens (primary N) is 1. The van der Waals surface area contributed by atoms with E-state index in [4.69, 9.17) is 18.0 Å². The molecule has 2 rings (SSSR count). The van der Waals surface area contributed by atoms with Crippen LogP contribution in [0.4, 0.5) is 0 Å². The SMILES string of the molecule is CCC(NC(=O)Cc1ccccc1)/C(=N\NC(N)=S)c1ccccc1. The van der Waals surface area contributed by atoms with Crippen molar-refractivity contribution in [3.63, 3.8) is 0 Å². The predicted molar refractivity (Wildman–Crippen MR) is 105 cm³/mol. The monoisotopic (exact) mass is 354 g/mol. The standard InChI is InChI=1S/C19H22N4OS/c1-2-16(21-17(24)13-14-9-5-3-6-10-14)18(22-23-19(20)25)15-11-7-4-8-12-15/h3-12,16H,2,13H2,1H3,(H,21,24)(H3,20,23,25)/b22-18-. The van der Waals surface area contributed by atoms with E-state index < -0.39 is 0 Å². The Morgan fingerprint density at radius 3 is 2.28 bits per heavy atom. The van der Waals surface area contributed by atoms with Gasteiger partial charge in [0.15, 0.2) is 5.11 Å². The van der Waals surface area contributed by atoms with Crippen molar-refractivity contribution in [2.75, 3.05) is 0 Å². The highest BCUT2D eigenvalue weighted by atomic mass is 32.1. The molecule has 0 aromatic heterocycles. The van der Waals surface area contributed by atoms with Crippen LogP contribution < -0.4 is 16.5 Å². The van der Waals surface area contributed by atoms with Gasteiger partial charge < -0.3 is 11.1 Å². The van der Waals surface area contributed by atoms with Crippen molar-refractivity contribution >= 4 is 28.9 Å². The fourth-order valence-corrected chi connectivity index (χ4v) is 2.50. The third-order valence-electron chi connectivity index (χ3n) is 3.64. The molecule has 0 heterocycles. The summed E-state index contributed by atoms with van der Waals surface area (Å²) in [5.41, 5.74) is 10.7. The highest BCUT2D eigenvalue weighted by Gasteiger charge is 2.19. The summed E-state index contributed by atoms with van der Waals surface area (Å²) < 4.78 is 0. The first-order chi connectivity index (χ1) is 12.1. The van der Waals surface area contributed by atoms with Crippen LogP contribution in [0.5, 0.6) is 0 Å². The van der Waals surface area contributed by atoms with Gasteiger partial charge in [0.25, 0.3) is 0 Å².